The van der Waals surface area contributed by atoms with E-state index in [-0.39, 0.29) is 5.91 Å². The Balaban J connectivity index is 1.74. The molecule has 1 amide bonds. The molecule has 0 bridgehead atoms. The Morgan fingerprint density at radius 2 is 2.26 bits per heavy atom. The molecule has 0 saturated carbocycles. The molecule has 23 heavy (non-hydrogen) atoms. The van der Waals surface area contributed by atoms with Crippen molar-refractivity contribution in [3.63, 3.8) is 0 Å². The smallest absolute Gasteiger partial charge is 0.231 e. The molecular formula is C15H20N6OS. The number of anilines is 2. The molecule has 1 aliphatic heterocycles. The zero-order valence-corrected chi connectivity index (χ0v) is 14.1. The third-order valence-corrected chi connectivity index (χ3v) is 4.66. The van der Waals surface area contributed by atoms with Crippen molar-refractivity contribution in [3.8, 4) is 0 Å². The third-order valence-electron chi connectivity index (χ3n) is 3.78. The van der Waals surface area contributed by atoms with Crippen LogP contribution in [0, 0.1) is 13.8 Å². The standard InChI is InChI=1S/C15H20N6OS/c1-9-8-23-15(17-9)20-14-5-12(18-10(2)19-14)11-3-4-21(6-11)7-13(16)22/h5,8,11H,3-4,6-7H2,1-2H3,(H2,16,22)(H,17,18,19,20)/t11-/m0/s1. The summed E-state index contributed by atoms with van der Waals surface area (Å²) in [5.74, 6) is 1.50. The first-order valence-electron chi connectivity index (χ1n) is 7.55. The van der Waals surface area contributed by atoms with Gasteiger partial charge in [0.05, 0.1) is 17.9 Å². The van der Waals surface area contributed by atoms with Gasteiger partial charge in [-0.3, -0.25) is 9.69 Å². The summed E-state index contributed by atoms with van der Waals surface area (Å²) in [6, 6.07) is 1.97. The monoisotopic (exact) mass is 332 g/mol. The molecule has 122 valence electrons. The Kier molecular flexibility index (Phi) is 4.53. The zero-order chi connectivity index (χ0) is 16.4. The van der Waals surface area contributed by atoms with Crippen LogP contribution in [0.4, 0.5) is 10.9 Å². The fourth-order valence-electron chi connectivity index (χ4n) is 2.82. The number of aromatic nitrogens is 3. The number of carbonyl (C=O) groups is 1. The lowest BCUT2D eigenvalue weighted by Gasteiger charge is -2.14. The first-order chi connectivity index (χ1) is 11.0. The summed E-state index contributed by atoms with van der Waals surface area (Å²) in [7, 11) is 0. The number of primary amides is 1. The topological polar surface area (TPSA) is 97.0 Å². The number of nitrogens with two attached hydrogens (primary N) is 1. The molecule has 1 fully saturated rings. The second kappa shape index (κ2) is 6.59. The molecule has 7 nitrogen and oxygen atoms in total. The summed E-state index contributed by atoms with van der Waals surface area (Å²) in [4.78, 5) is 26.5. The Morgan fingerprint density at radius 3 is 2.96 bits per heavy atom. The molecule has 3 heterocycles. The molecule has 0 unspecified atom stereocenters. The molecule has 1 saturated heterocycles. The second-order valence-corrected chi connectivity index (χ2v) is 6.69. The van der Waals surface area contributed by atoms with E-state index in [2.05, 4.69) is 25.2 Å². The lowest BCUT2D eigenvalue weighted by Crippen LogP contribution is -2.31. The summed E-state index contributed by atoms with van der Waals surface area (Å²) >= 11 is 1.55. The Labute approximate surface area is 139 Å². The number of nitrogens with one attached hydrogen (secondary N) is 1. The highest BCUT2D eigenvalue weighted by atomic mass is 32.1. The average Bonchev–Trinajstić information content (AvgIpc) is 3.07. The molecule has 0 aliphatic carbocycles. The number of rotatable bonds is 5. The van der Waals surface area contributed by atoms with E-state index in [1.807, 2.05) is 25.3 Å². The van der Waals surface area contributed by atoms with Gasteiger partial charge < -0.3 is 11.1 Å². The van der Waals surface area contributed by atoms with E-state index in [4.69, 9.17) is 5.73 Å². The Hall–Kier alpha value is -2.06. The maximum Gasteiger partial charge on any atom is 0.231 e. The summed E-state index contributed by atoms with van der Waals surface area (Å²) in [6.45, 7) is 5.83. The number of hydrogen-bond donors (Lipinski definition) is 2. The number of likely N-dealkylation sites (tertiary alicyclic amines) is 1. The molecule has 1 aliphatic rings. The van der Waals surface area contributed by atoms with Crippen molar-refractivity contribution in [2.24, 2.45) is 5.73 Å². The largest absolute Gasteiger partial charge is 0.369 e. The average molecular weight is 332 g/mol. The van der Waals surface area contributed by atoms with Crippen molar-refractivity contribution in [3.05, 3.63) is 28.7 Å². The first kappa shape index (κ1) is 15.8. The van der Waals surface area contributed by atoms with Crippen LogP contribution < -0.4 is 11.1 Å². The van der Waals surface area contributed by atoms with Crippen LogP contribution in [0.25, 0.3) is 0 Å². The van der Waals surface area contributed by atoms with Crippen LogP contribution in [0.1, 0.15) is 29.6 Å². The van der Waals surface area contributed by atoms with Gasteiger partial charge in [-0.2, -0.15) is 0 Å². The molecule has 8 heteroatoms. The van der Waals surface area contributed by atoms with Gasteiger partial charge in [0.15, 0.2) is 5.13 Å². The van der Waals surface area contributed by atoms with Crippen molar-refractivity contribution in [2.75, 3.05) is 25.0 Å². The number of hydrogen-bond acceptors (Lipinski definition) is 7. The summed E-state index contributed by atoms with van der Waals surface area (Å²) in [5, 5.41) is 6.06. The molecule has 3 rings (SSSR count). The van der Waals surface area contributed by atoms with Crippen LogP contribution in [0.15, 0.2) is 11.4 Å². The third kappa shape index (κ3) is 4.02. The van der Waals surface area contributed by atoms with Crippen LogP contribution in [0.5, 0.6) is 0 Å². The lowest BCUT2D eigenvalue weighted by atomic mass is 10.0. The molecule has 3 N–H and O–H groups in total. The molecule has 2 aromatic heterocycles. The van der Waals surface area contributed by atoms with Crippen LogP contribution in [-0.4, -0.2) is 45.4 Å². The molecule has 1 atom stereocenters. The number of carbonyl (C=O) groups excluding carboxylic acids is 1. The highest BCUT2D eigenvalue weighted by Crippen LogP contribution is 2.28. The summed E-state index contributed by atoms with van der Waals surface area (Å²) < 4.78 is 0. The van der Waals surface area contributed by atoms with E-state index in [0.29, 0.717) is 12.5 Å². The highest BCUT2D eigenvalue weighted by Gasteiger charge is 2.26. The van der Waals surface area contributed by atoms with Gasteiger partial charge in [-0.25, -0.2) is 15.0 Å². The van der Waals surface area contributed by atoms with E-state index < -0.39 is 0 Å². The van der Waals surface area contributed by atoms with E-state index in [1.54, 1.807) is 11.3 Å². The molecule has 0 aromatic carbocycles. The fraction of sp³-hybridized carbons (Fsp3) is 0.467. The van der Waals surface area contributed by atoms with Gasteiger partial charge in [-0.05, 0) is 26.8 Å². The SMILES string of the molecule is Cc1csc(Nc2cc([C@H]3CCN(CC(N)=O)C3)nc(C)n2)n1. The zero-order valence-electron chi connectivity index (χ0n) is 13.2. The molecule has 0 radical (unpaired) electrons. The van der Waals surface area contributed by atoms with E-state index >= 15 is 0 Å². The van der Waals surface area contributed by atoms with Crippen molar-refractivity contribution in [2.45, 2.75) is 26.2 Å². The van der Waals surface area contributed by atoms with Gasteiger partial charge in [0.2, 0.25) is 5.91 Å². The normalized spacial score (nSPS) is 18.3. The van der Waals surface area contributed by atoms with Crippen LogP contribution in [0.2, 0.25) is 0 Å². The second-order valence-electron chi connectivity index (χ2n) is 5.83. The Bertz CT molecular complexity index is 716. The van der Waals surface area contributed by atoms with Crippen molar-refractivity contribution in [1.29, 1.82) is 0 Å². The number of thiazole rings is 1. The molecule has 0 spiro atoms. The van der Waals surface area contributed by atoms with Gasteiger partial charge in [-0.15, -0.1) is 11.3 Å². The minimum atomic E-state index is -0.286. The predicted octanol–water partition coefficient (Wildman–Crippen LogP) is 1.57. The predicted molar refractivity (Wildman–Crippen MR) is 89.9 cm³/mol. The van der Waals surface area contributed by atoms with E-state index in [1.165, 1.54) is 0 Å². The fourth-order valence-corrected chi connectivity index (χ4v) is 3.52. The van der Waals surface area contributed by atoms with Crippen molar-refractivity contribution < 1.29 is 4.79 Å². The quantitative estimate of drug-likeness (QED) is 0.862. The molecule has 2 aromatic rings. The first-order valence-corrected chi connectivity index (χ1v) is 8.43. The van der Waals surface area contributed by atoms with Crippen molar-refractivity contribution >= 4 is 28.2 Å². The van der Waals surface area contributed by atoms with Gasteiger partial charge in [-0.1, -0.05) is 0 Å². The molecular weight excluding hydrogens is 312 g/mol. The van der Waals surface area contributed by atoms with Crippen LogP contribution >= 0.6 is 11.3 Å². The van der Waals surface area contributed by atoms with Crippen LogP contribution in [-0.2, 0) is 4.79 Å². The van der Waals surface area contributed by atoms with Gasteiger partial charge in [0, 0.05) is 23.9 Å². The maximum absolute atomic E-state index is 11.1. The number of aryl methyl sites for hydroxylation is 2. The van der Waals surface area contributed by atoms with Crippen LogP contribution in [0.3, 0.4) is 0 Å². The van der Waals surface area contributed by atoms with Gasteiger partial charge >= 0.3 is 0 Å². The summed E-state index contributed by atoms with van der Waals surface area (Å²) in [6.07, 6.45) is 0.972. The summed E-state index contributed by atoms with van der Waals surface area (Å²) in [5.41, 5.74) is 7.26. The minimum absolute atomic E-state index is 0.286. The number of nitrogens with zero attached hydrogens (tertiary/aromatic N) is 4. The highest BCUT2D eigenvalue weighted by molar-refractivity contribution is 7.13. The van der Waals surface area contributed by atoms with E-state index in [9.17, 15) is 4.79 Å². The minimum Gasteiger partial charge on any atom is -0.369 e. The van der Waals surface area contributed by atoms with Crippen molar-refractivity contribution in [1.82, 2.24) is 19.9 Å². The van der Waals surface area contributed by atoms with Gasteiger partial charge in [0.1, 0.15) is 11.6 Å². The maximum atomic E-state index is 11.1. The van der Waals surface area contributed by atoms with E-state index in [0.717, 1.165) is 47.7 Å². The number of amides is 1. The Morgan fingerprint density at radius 1 is 1.43 bits per heavy atom. The van der Waals surface area contributed by atoms with Gasteiger partial charge in [0.25, 0.3) is 0 Å². The lowest BCUT2D eigenvalue weighted by molar-refractivity contribution is -0.118.